The van der Waals surface area contributed by atoms with E-state index in [0.29, 0.717) is 5.56 Å². The molecule has 3 rings (SSSR count). The first-order valence-electron chi connectivity index (χ1n) is 7.62. The van der Waals surface area contributed by atoms with Gasteiger partial charge in [0.15, 0.2) is 0 Å². The van der Waals surface area contributed by atoms with Gasteiger partial charge in [-0.3, -0.25) is 4.79 Å². The van der Waals surface area contributed by atoms with Crippen LogP contribution in [0, 0.1) is 0 Å². The molecule has 1 atom stereocenters. The number of para-hydroxylation sites is 1. The highest BCUT2D eigenvalue weighted by Gasteiger charge is 2.10. The fourth-order valence-electron chi connectivity index (χ4n) is 2.58. The van der Waals surface area contributed by atoms with E-state index >= 15 is 0 Å². The third kappa shape index (κ3) is 3.75. The molecule has 0 saturated heterocycles. The summed E-state index contributed by atoms with van der Waals surface area (Å²) in [6.45, 7) is 1.81. The second kappa shape index (κ2) is 6.89. The highest BCUT2D eigenvalue weighted by Crippen LogP contribution is 2.20. The maximum absolute atomic E-state index is 11.6. The van der Waals surface area contributed by atoms with E-state index in [1.807, 2.05) is 30.3 Å². The zero-order chi connectivity index (χ0) is 16.2. The SMILES string of the molecule is CNC(=O)c1ccc(C[NH+](C)Cc2nc3ccccc3s2)cc1. The lowest BCUT2D eigenvalue weighted by Gasteiger charge is -2.12. The van der Waals surface area contributed by atoms with Crippen LogP contribution in [0.1, 0.15) is 20.9 Å². The van der Waals surface area contributed by atoms with E-state index in [1.54, 1.807) is 18.4 Å². The van der Waals surface area contributed by atoms with E-state index in [9.17, 15) is 4.79 Å². The molecule has 4 nitrogen and oxygen atoms in total. The fraction of sp³-hybridized carbons (Fsp3) is 0.222. The molecule has 1 heterocycles. The molecule has 0 saturated carbocycles. The molecule has 0 bridgehead atoms. The minimum Gasteiger partial charge on any atom is -0.355 e. The van der Waals surface area contributed by atoms with Gasteiger partial charge >= 0.3 is 0 Å². The van der Waals surface area contributed by atoms with Gasteiger partial charge in [0.1, 0.15) is 18.1 Å². The second-order valence-corrected chi connectivity index (χ2v) is 6.78. The van der Waals surface area contributed by atoms with Crippen LogP contribution in [0.4, 0.5) is 0 Å². The molecule has 1 aromatic heterocycles. The molecule has 118 valence electrons. The third-order valence-electron chi connectivity index (χ3n) is 3.74. The Morgan fingerprint density at radius 2 is 1.87 bits per heavy atom. The van der Waals surface area contributed by atoms with Crippen molar-refractivity contribution >= 4 is 27.5 Å². The van der Waals surface area contributed by atoms with E-state index < -0.39 is 0 Å². The Balaban J connectivity index is 1.64. The van der Waals surface area contributed by atoms with Gasteiger partial charge in [0.05, 0.1) is 17.3 Å². The minimum absolute atomic E-state index is 0.0493. The number of fused-ring (bicyclic) bond motifs is 1. The molecule has 2 aromatic carbocycles. The molecule has 0 aliphatic heterocycles. The number of benzene rings is 2. The lowest BCUT2D eigenvalue weighted by molar-refractivity contribution is -0.907. The Kier molecular flexibility index (Phi) is 4.69. The summed E-state index contributed by atoms with van der Waals surface area (Å²) in [5.41, 5.74) is 2.99. The van der Waals surface area contributed by atoms with Gasteiger partial charge in [0, 0.05) is 18.2 Å². The summed E-state index contributed by atoms with van der Waals surface area (Å²) in [4.78, 5) is 17.6. The molecule has 0 radical (unpaired) electrons. The summed E-state index contributed by atoms with van der Waals surface area (Å²) < 4.78 is 1.24. The lowest BCUT2D eigenvalue weighted by Crippen LogP contribution is -3.06. The number of carbonyl (C=O) groups excluding carboxylic acids is 1. The monoisotopic (exact) mass is 326 g/mol. The summed E-state index contributed by atoms with van der Waals surface area (Å²) in [5.74, 6) is -0.0493. The summed E-state index contributed by atoms with van der Waals surface area (Å²) in [6.07, 6.45) is 0. The topological polar surface area (TPSA) is 46.4 Å². The van der Waals surface area contributed by atoms with Gasteiger partial charge in [0.2, 0.25) is 0 Å². The minimum atomic E-state index is -0.0493. The van der Waals surface area contributed by atoms with Crippen LogP contribution in [0.5, 0.6) is 0 Å². The first-order valence-corrected chi connectivity index (χ1v) is 8.44. The smallest absolute Gasteiger partial charge is 0.251 e. The Labute approximate surface area is 139 Å². The highest BCUT2D eigenvalue weighted by molar-refractivity contribution is 7.18. The number of hydrogen-bond donors (Lipinski definition) is 2. The second-order valence-electron chi connectivity index (χ2n) is 5.66. The number of carbonyl (C=O) groups is 1. The number of thiazole rings is 1. The number of quaternary nitrogens is 1. The van der Waals surface area contributed by atoms with Crippen LogP contribution < -0.4 is 10.2 Å². The van der Waals surface area contributed by atoms with E-state index in [4.69, 9.17) is 0 Å². The Morgan fingerprint density at radius 3 is 2.57 bits per heavy atom. The van der Waals surface area contributed by atoms with Crippen molar-refractivity contribution in [2.24, 2.45) is 0 Å². The van der Waals surface area contributed by atoms with Crippen LogP contribution in [-0.2, 0) is 13.1 Å². The summed E-state index contributed by atoms with van der Waals surface area (Å²) >= 11 is 1.76. The first kappa shape index (κ1) is 15.6. The first-order chi connectivity index (χ1) is 11.2. The Bertz CT molecular complexity index is 778. The van der Waals surface area contributed by atoms with Crippen molar-refractivity contribution < 1.29 is 9.69 Å². The zero-order valence-corrected chi connectivity index (χ0v) is 14.1. The molecule has 5 heteroatoms. The number of hydrogen-bond acceptors (Lipinski definition) is 3. The molecular formula is C18H20N3OS+. The number of nitrogens with zero attached hydrogens (tertiary/aromatic N) is 1. The number of aromatic nitrogens is 1. The van der Waals surface area contributed by atoms with Crippen LogP contribution in [0.25, 0.3) is 10.2 Å². The predicted octanol–water partition coefficient (Wildman–Crippen LogP) is 1.87. The van der Waals surface area contributed by atoms with E-state index in [0.717, 1.165) is 23.6 Å². The maximum atomic E-state index is 11.6. The summed E-state index contributed by atoms with van der Waals surface area (Å²) in [5, 5.41) is 3.79. The summed E-state index contributed by atoms with van der Waals surface area (Å²) in [7, 11) is 3.81. The van der Waals surface area contributed by atoms with Crippen LogP contribution >= 0.6 is 11.3 Å². The average Bonchev–Trinajstić information content (AvgIpc) is 2.96. The molecule has 0 fully saturated rings. The van der Waals surface area contributed by atoms with Crippen molar-refractivity contribution in [1.29, 1.82) is 0 Å². The van der Waals surface area contributed by atoms with Crippen LogP contribution in [0.3, 0.4) is 0 Å². The molecule has 23 heavy (non-hydrogen) atoms. The van der Waals surface area contributed by atoms with Crippen molar-refractivity contribution in [2.45, 2.75) is 13.1 Å². The Hall–Kier alpha value is -2.24. The van der Waals surface area contributed by atoms with Gasteiger partial charge in [0.25, 0.3) is 5.91 Å². The van der Waals surface area contributed by atoms with E-state index in [2.05, 4.69) is 35.5 Å². The van der Waals surface area contributed by atoms with Gasteiger partial charge in [-0.25, -0.2) is 4.98 Å². The van der Waals surface area contributed by atoms with Crippen molar-refractivity contribution in [1.82, 2.24) is 10.3 Å². The number of amides is 1. The van der Waals surface area contributed by atoms with Gasteiger partial charge in [-0.15, -0.1) is 11.3 Å². The molecule has 0 aliphatic rings. The summed E-state index contributed by atoms with van der Waals surface area (Å²) in [6, 6.07) is 16.0. The van der Waals surface area contributed by atoms with Crippen molar-refractivity contribution in [3.05, 3.63) is 64.7 Å². The Morgan fingerprint density at radius 1 is 1.13 bits per heavy atom. The molecular weight excluding hydrogens is 306 g/mol. The zero-order valence-electron chi connectivity index (χ0n) is 13.3. The maximum Gasteiger partial charge on any atom is 0.251 e. The molecule has 1 unspecified atom stereocenters. The van der Waals surface area contributed by atoms with Crippen LogP contribution in [0.15, 0.2) is 48.5 Å². The number of nitrogens with one attached hydrogen (secondary N) is 2. The third-order valence-corrected chi connectivity index (χ3v) is 4.78. The van der Waals surface area contributed by atoms with Crippen molar-refractivity contribution in [3.63, 3.8) is 0 Å². The molecule has 1 amide bonds. The normalized spacial score (nSPS) is 12.3. The molecule has 3 aromatic rings. The van der Waals surface area contributed by atoms with Crippen molar-refractivity contribution in [2.75, 3.05) is 14.1 Å². The van der Waals surface area contributed by atoms with Gasteiger partial charge in [-0.05, 0) is 24.3 Å². The van der Waals surface area contributed by atoms with Crippen LogP contribution in [-0.4, -0.2) is 25.0 Å². The number of rotatable bonds is 5. The molecule has 2 N–H and O–H groups in total. The molecule has 0 aliphatic carbocycles. The lowest BCUT2D eigenvalue weighted by atomic mass is 10.1. The van der Waals surface area contributed by atoms with Crippen LogP contribution in [0.2, 0.25) is 0 Å². The van der Waals surface area contributed by atoms with Gasteiger partial charge < -0.3 is 10.2 Å². The average molecular weight is 326 g/mol. The molecule has 0 spiro atoms. The van der Waals surface area contributed by atoms with Crippen molar-refractivity contribution in [3.8, 4) is 0 Å². The van der Waals surface area contributed by atoms with E-state index in [1.165, 1.54) is 15.2 Å². The quantitative estimate of drug-likeness (QED) is 0.752. The highest BCUT2D eigenvalue weighted by atomic mass is 32.1. The largest absolute Gasteiger partial charge is 0.355 e. The van der Waals surface area contributed by atoms with E-state index in [-0.39, 0.29) is 5.91 Å². The standard InChI is InChI=1S/C18H19N3OS/c1-19-18(22)14-9-7-13(8-10-14)11-21(2)12-17-20-15-5-3-4-6-16(15)23-17/h3-10H,11-12H2,1-2H3,(H,19,22)/p+1. The van der Waals surface area contributed by atoms with Gasteiger partial charge in [-0.1, -0.05) is 24.3 Å². The predicted molar refractivity (Wildman–Crippen MR) is 93.7 cm³/mol. The fourth-order valence-corrected chi connectivity index (χ4v) is 3.66. The van der Waals surface area contributed by atoms with Gasteiger partial charge in [-0.2, -0.15) is 0 Å².